The van der Waals surface area contributed by atoms with Crippen molar-refractivity contribution in [2.45, 2.75) is 130 Å². The molecule has 0 heterocycles. The molecule has 0 aliphatic rings. The lowest BCUT2D eigenvalue weighted by Crippen LogP contribution is -2.27. The standard InChI is InChI=1S/C60H66O12/c1-55(2,3)69-51(61)65-47-31-23-43(24-32-47)59(13,44-25-33-48(34-26-44)66-52(62)70-56(4,5)6)41-19-15-39(16-20-41)40-17-21-42(22-18-40)60(14,45-27-35-49(36-28-45)67-53(63)71-57(7,8)9)46-29-37-50(38-30-46)68-54(64)72-58(10,11)12/h15-38H,1-14H3. The summed E-state index contributed by atoms with van der Waals surface area (Å²) in [5, 5.41) is 0. The number of rotatable bonds is 11. The van der Waals surface area contributed by atoms with Crippen LogP contribution in [0.4, 0.5) is 19.2 Å². The van der Waals surface area contributed by atoms with Gasteiger partial charge in [-0.25, -0.2) is 19.2 Å². The molecular formula is C60H66O12. The summed E-state index contributed by atoms with van der Waals surface area (Å²) in [5.41, 5.74) is 3.19. The SMILES string of the molecule is CC(C)(C)OC(=O)Oc1ccc(C(C)(c2ccc(OC(=O)OC(C)(C)C)cc2)c2ccc(-c3ccc(C(C)(c4ccc(OC(=O)OC(C)(C)C)cc4)c4ccc(OC(=O)OC(C)(C)C)cc4)cc3)cc2)cc1. The Morgan fingerprint density at radius 1 is 0.250 bits per heavy atom. The van der Waals surface area contributed by atoms with Crippen LogP contribution in [-0.4, -0.2) is 47.0 Å². The summed E-state index contributed by atoms with van der Waals surface area (Å²) in [6.07, 6.45) is -3.19. The van der Waals surface area contributed by atoms with Crippen molar-refractivity contribution in [1.29, 1.82) is 0 Å². The van der Waals surface area contributed by atoms with E-state index in [0.29, 0.717) is 23.0 Å². The Morgan fingerprint density at radius 3 is 0.556 bits per heavy atom. The van der Waals surface area contributed by atoms with E-state index < -0.39 is 57.9 Å². The minimum absolute atomic E-state index is 0.333. The van der Waals surface area contributed by atoms with Gasteiger partial charge < -0.3 is 37.9 Å². The highest BCUT2D eigenvalue weighted by Gasteiger charge is 2.34. The van der Waals surface area contributed by atoms with Gasteiger partial charge in [-0.15, -0.1) is 0 Å². The number of carbonyl (C=O) groups excluding carboxylic acids is 4. The highest BCUT2D eigenvalue weighted by atomic mass is 16.7. The van der Waals surface area contributed by atoms with Crippen LogP contribution in [-0.2, 0) is 29.8 Å². The molecule has 0 N–H and O–H groups in total. The Hall–Kier alpha value is -7.60. The van der Waals surface area contributed by atoms with Gasteiger partial charge in [0.05, 0.1) is 0 Å². The lowest BCUT2D eigenvalue weighted by molar-refractivity contribution is 0.0193. The number of benzene rings is 6. The van der Waals surface area contributed by atoms with Gasteiger partial charge >= 0.3 is 24.6 Å². The predicted molar refractivity (Wildman–Crippen MR) is 276 cm³/mol. The van der Waals surface area contributed by atoms with E-state index in [1.54, 1.807) is 132 Å². The van der Waals surface area contributed by atoms with Crippen LogP contribution < -0.4 is 18.9 Å². The molecule has 378 valence electrons. The average molecular weight is 979 g/mol. The van der Waals surface area contributed by atoms with Crippen LogP contribution in [0.5, 0.6) is 23.0 Å². The number of ether oxygens (including phenoxy) is 8. The molecular weight excluding hydrogens is 913 g/mol. The zero-order valence-electron chi connectivity index (χ0n) is 43.8. The monoisotopic (exact) mass is 978 g/mol. The van der Waals surface area contributed by atoms with Crippen molar-refractivity contribution >= 4 is 24.6 Å². The molecule has 72 heavy (non-hydrogen) atoms. The molecule has 0 unspecified atom stereocenters. The normalized spacial score (nSPS) is 12.2. The second kappa shape index (κ2) is 21.0. The van der Waals surface area contributed by atoms with Gasteiger partial charge in [0.25, 0.3) is 0 Å². The van der Waals surface area contributed by atoms with Crippen LogP contribution in [0.15, 0.2) is 146 Å². The number of hydrogen-bond acceptors (Lipinski definition) is 12. The molecule has 0 saturated carbocycles. The Morgan fingerprint density at radius 2 is 0.403 bits per heavy atom. The maximum atomic E-state index is 12.5. The first-order chi connectivity index (χ1) is 33.5. The molecule has 6 rings (SSSR count). The number of hydrogen-bond donors (Lipinski definition) is 0. The average Bonchev–Trinajstić information content (AvgIpc) is 3.27. The molecule has 0 aliphatic heterocycles. The van der Waals surface area contributed by atoms with Crippen molar-refractivity contribution in [3.05, 3.63) is 179 Å². The van der Waals surface area contributed by atoms with Gasteiger partial charge in [-0.05, 0) is 190 Å². The molecule has 0 bridgehead atoms. The minimum Gasteiger partial charge on any atom is -0.428 e. The highest BCUT2D eigenvalue weighted by molar-refractivity contribution is 5.69. The predicted octanol–water partition coefficient (Wildman–Crippen LogP) is 15.3. The Labute approximate surface area is 423 Å². The number of carbonyl (C=O) groups is 4. The van der Waals surface area contributed by atoms with E-state index in [0.717, 1.165) is 44.5 Å². The lowest BCUT2D eigenvalue weighted by atomic mass is 9.70. The molecule has 12 nitrogen and oxygen atoms in total. The molecule has 0 radical (unpaired) electrons. The van der Waals surface area contributed by atoms with Crippen LogP contribution in [0.1, 0.15) is 130 Å². The fraction of sp³-hybridized carbons (Fsp3) is 0.333. The Bertz CT molecular complexity index is 2470. The van der Waals surface area contributed by atoms with Gasteiger partial charge in [0.1, 0.15) is 45.4 Å². The van der Waals surface area contributed by atoms with Crippen molar-refractivity contribution in [3.8, 4) is 34.1 Å². The topological polar surface area (TPSA) is 142 Å². The fourth-order valence-corrected chi connectivity index (χ4v) is 7.89. The maximum absolute atomic E-state index is 12.5. The van der Waals surface area contributed by atoms with Crippen LogP contribution in [0, 0.1) is 0 Å². The van der Waals surface area contributed by atoms with Gasteiger partial charge in [0, 0.05) is 10.8 Å². The van der Waals surface area contributed by atoms with E-state index in [1.165, 1.54) is 0 Å². The van der Waals surface area contributed by atoms with Crippen LogP contribution in [0.25, 0.3) is 11.1 Å². The first kappa shape index (κ1) is 53.7. The summed E-state index contributed by atoms with van der Waals surface area (Å²) < 4.78 is 43.5. The zero-order valence-corrected chi connectivity index (χ0v) is 43.8. The van der Waals surface area contributed by atoms with Gasteiger partial charge in [0.15, 0.2) is 0 Å². The third-order valence-electron chi connectivity index (χ3n) is 11.3. The second-order valence-corrected chi connectivity index (χ2v) is 21.8. The van der Waals surface area contributed by atoms with E-state index in [-0.39, 0.29) is 0 Å². The molecule has 0 aromatic heterocycles. The third-order valence-corrected chi connectivity index (χ3v) is 11.3. The van der Waals surface area contributed by atoms with E-state index in [1.807, 2.05) is 48.5 Å². The van der Waals surface area contributed by atoms with Crippen molar-refractivity contribution in [2.75, 3.05) is 0 Å². The largest absolute Gasteiger partial charge is 0.514 e. The molecule has 6 aromatic rings. The van der Waals surface area contributed by atoms with Gasteiger partial charge in [0.2, 0.25) is 0 Å². The van der Waals surface area contributed by atoms with Gasteiger partial charge in [-0.2, -0.15) is 0 Å². The molecule has 0 fully saturated rings. The van der Waals surface area contributed by atoms with Crippen LogP contribution >= 0.6 is 0 Å². The summed E-state index contributed by atoms with van der Waals surface area (Å²) in [6, 6.07) is 45.9. The quantitative estimate of drug-likeness (QED) is 0.0528. The summed E-state index contributed by atoms with van der Waals surface area (Å²) in [6.45, 7) is 25.5. The minimum atomic E-state index is -0.798. The lowest BCUT2D eigenvalue weighted by Gasteiger charge is -2.33. The zero-order chi connectivity index (χ0) is 52.9. The van der Waals surface area contributed by atoms with E-state index >= 15 is 0 Å². The molecule has 0 aliphatic carbocycles. The van der Waals surface area contributed by atoms with Crippen molar-refractivity contribution in [1.82, 2.24) is 0 Å². The molecule has 0 atom stereocenters. The Balaban J connectivity index is 1.33. The van der Waals surface area contributed by atoms with Crippen LogP contribution in [0.2, 0.25) is 0 Å². The summed E-state index contributed by atoms with van der Waals surface area (Å²) in [4.78, 5) is 50.0. The molecule has 0 spiro atoms. The van der Waals surface area contributed by atoms with Crippen molar-refractivity contribution in [2.24, 2.45) is 0 Å². The van der Waals surface area contributed by atoms with Crippen molar-refractivity contribution in [3.63, 3.8) is 0 Å². The summed E-state index contributed by atoms with van der Waals surface area (Å²) in [7, 11) is 0. The molecule has 0 saturated heterocycles. The van der Waals surface area contributed by atoms with Gasteiger partial charge in [-0.3, -0.25) is 0 Å². The van der Waals surface area contributed by atoms with Gasteiger partial charge in [-0.1, -0.05) is 97.1 Å². The summed E-state index contributed by atoms with van der Waals surface area (Å²) >= 11 is 0. The second-order valence-electron chi connectivity index (χ2n) is 21.8. The summed E-state index contributed by atoms with van der Waals surface area (Å²) in [5.74, 6) is 1.33. The maximum Gasteiger partial charge on any atom is 0.514 e. The highest BCUT2D eigenvalue weighted by Crippen LogP contribution is 2.43. The van der Waals surface area contributed by atoms with E-state index in [9.17, 15) is 19.2 Å². The molecule has 12 heteroatoms. The first-order valence-corrected chi connectivity index (χ1v) is 23.8. The van der Waals surface area contributed by atoms with E-state index in [2.05, 4.69) is 62.4 Å². The molecule has 0 amide bonds. The van der Waals surface area contributed by atoms with Crippen LogP contribution in [0.3, 0.4) is 0 Å². The van der Waals surface area contributed by atoms with Crippen molar-refractivity contribution < 1.29 is 57.1 Å². The first-order valence-electron chi connectivity index (χ1n) is 23.8. The smallest absolute Gasteiger partial charge is 0.428 e. The fourth-order valence-electron chi connectivity index (χ4n) is 7.89. The van der Waals surface area contributed by atoms with E-state index in [4.69, 9.17) is 37.9 Å². The third kappa shape index (κ3) is 14.3. The molecule has 6 aromatic carbocycles. The Kier molecular flexibility index (Phi) is 15.7.